The van der Waals surface area contributed by atoms with Crippen LogP contribution in [-0.4, -0.2) is 10.8 Å². The van der Waals surface area contributed by atoms with Gasteiger partial charge in [-0.05, 0) is 24.7 Å². The van der Waals surface area contributed by atoms with Gasteiger partial charge >= 0.3 is 0 Å². The summed E-state index contributed by atoms with van der Waals surface area (Å²) < 4.78 is 0. The number of rotatable bonds is 1. The van der Waals surface area contributed by atoms with E-state index in [4.69, 9.17) is 23.2 Å². The van der Waals surface area contributed by atoms with Crippen molar-refractivity contribution in [3.05, 3.63) is 0 Å². The van der Waals surface area contributed by atoms with Gasteiger partial charge in [0.2, 0.25) is 0 Å². The standard InChI is InChI=1S/C6H8Cl2/c7-5-1-3(5)4-2-6(4)8/h3-6H,1-2H2. The maximum absolute atomic E-state index is 5.79. The van der Waals surface area contributed by atoms with Gasteiger partial charge in [-0.3, -0.25) is 0 Å². The first kappa shape index (κ1) is 5.37. The van der Waals surface area contributed by atoms with Gasteiger partial charge in [-0.2, -0.15) is 0 Å². The van der Waals surface area contributed by atoms with Crippen LogP contribution < -0.4 is 0 Å². The Balaban J connectivity index is 1.86. The van der Waals surface area contributed by atoms with E-state index in [1.807, 2.05) is 0 Å². The summed E-state index contributed by atoms with van der Waals surface area (Å²) in [5.41, 5.74) is 0. The van der Waals surface area contributed by atoms with Crippen LogP contribution in [0.2, 0.25) is 0 Å². The quantitative estimate of drug-likeness (QED) is 0.504. The summed E-state index contributed by atoms with van der Waals surface area (Å²) >= 11 is 11.6. The predicted molar refractivity (Wildman–Crippen MR) is 35.5 cm³/mol. The molecule has 2 rings (SSSR count). The van der Waals surface area contributed by atoms with E-state index in [-0.39, 0.29) is 0 Å². The molecule has 0 spiro atoms. The number of hydrogen-bond acceptors (Lipinski definition) is 0. The summed E-state index contributed by atoms with van der Waals surface area (Å²) in [6, 6.07) is 0. The maximum atomic E-state index is 5.79. The third-order valence-electron chi connectivity index (χ3n) is 2.07. The molecule has 2 aliphatic carbocycles. The predicted octanol–water partition coefficient (Wildman–Crippen LogP) is 2.24. The molecule has 0 aliphatic heterocycles. The van der Waals surface area contributed by atoms with Crippen LogP contribution in [-0.2, 0) is 0 Å². The largest absolute Gasteiger partial charge is 0.123 e. The Morgan fingerprint density at radius 3 is 1.25 bits per heavy atom. The van der Waals surface area contributed by atoms with Gasteiger partial charge in [0.1, 0.15) is 0 Å². The second-order valence-corrected chi connectivity index (χ2v) is 3.95. The Bertz CT molecular complexity index is 99.1. The molecular formula is C6H8Cl2. The lowest BCUT2D eigenvalue weighted by Gasteiger charge is -1.84. The van der Waals surface area contributed by atoms with E-state index < -0.39 is 0 Å². The molecule has 4 unspecified atom stereocenters. The summed E-state index contributed by atoms with van der Waals surface area (Å²) in [6.07, 6.45) is 2.44. The Morgan fingerprint density at radius 1 is 0.875 bits per heavy atom. The zero-order valence-corrected chi connectivity index (χ0v) is 5.99. The molecule has 0 aromatic rings. The van der Waals surface area contributed by atoms with Crippen LogP contribution in [0.15, 0.2) is 0 Å². The van der Waals surface area contributed by atoms with Crippen LogP contribution in [0.3, 0.4) is 0 Å². The molecule has 2 aliphatic rings. The first-order valence-electron chi connectivity index (χ1n) is 3.07. The van der Waals surface area contributed by atoms with Crippen molar-refractivity contribution in [1.29, 1.82) is 0 Å². The fourth-order valence-corrected chi connectivity index (χ4v) is 2.03. The minimum Gasteiger partial charge on any atom is -0.123 e. The summed E-state index contributed by atoms with van der Waals surface area (Å²) in [7, 11) is 0. The van der Waals surface area contributed by atoms with Crippen molar-refractivity contribution in [3.63, 3.8) is 0 Å². The zero-order chi connectivity index (χ0) is 5.72. The van der Waals surface area contributed by atoms with Gasteiger partial charge in [0.25, 0.3) is 0 Å². The Morgan fingerprint density at radius 2 is 1.12 bits per heavy atom. The molecule has 0 amide bonds. The molecule has 0 aromatic carbocycles. The average molecular weight is 151 g/mol. The fourth-order valence-electron chi connectivity index (χ4n) is 1.25. The van der Waals surface area contributed by atoms with E-state index >= 15 is 0 Å². The molecule has 0 bridgehead atoms. The minimum absolute atomic E-state index is 0.476. The van der Waals surface area contributed by atoms with Crippen LogP contribution in [0, 0.1) is 11.8 Å². The molecule has 0 N–H and O–H groups in total. The molecule has 0 heterocycles. The average Bonchev–Trinajstić information content (AvgIpc) is 2.47. The Kier molecular flexibility index (Phi) is 1.04. The van der Waals surface area contributed by atoms with Gasteiger partial charge in [0.05, 0.1) is 0 Å². The molecule has 0 aromatic heterocycles. The molecule has 2 fully saturated rings. The van der Waals surface area contributed by atoms with Gasteiger partial charge in [-0.1, -0.05) is 0 Å². The van der Waals surface area contributed by atoms with Crippen LogP contribution in [0.5, 0.6) is 0 Å². The maximum Gasteiger partial charge on any atom is 0.0371 e. The zero-order valence-electron chi connectivity index (χ0n) is 4.48. The summed E-state index contributed by atoms with van der Waals surface area (Å²) in [5, 5.41) is 0.951. The topological polar surface area (TPSA) is 0 Å². The van der Waals surface area contributed by atoms with Crippen molar-refractivity contribution in [2.75, 3.05) is 0 Å². The van der Waals surface area contributed by atoms with E-state index in [1.54, 1.807) is 0 Å². The van der Waals surface area contributed by atoms with Crippen LogP contribution >= 0.6 is 23.2 Å². The fraction of sp³-hybridized carbons (Fsp3) is 1.00. The van der Waals surface area contributed by atoms with Gasteiger partial charge in [0.15, 0.2) is 0 Å². The third-order valence-corrected chi connectivity index (χ3v) is 3.07. The monoisotopic (exact) mass is 150 g/mol. The van der Waals surface area contributed by atoms with Gasteiger partial charge in [0, 0.05) is 10.8 Å². The van der Waals surface area contributed by atoms with Gasteiger partial charge in [-0.15, -0.1) is 23.2 Å². The van der Waals surface area contributed by atoms with Crippen LogP contribution in [0.4, 0.5) is 0 Å². The lowest BCUT2D eigenvalue weighted by Crippen LogP contribution is -1.84. The minimum atomic E-state index is 0.476. The normalized spacial score (nSPS) is 60.8. The van der Waals surface area contributed by atoms with Crippen molar-refractivity contribution in [2.24, 2.45) is 11.8 Å². The van der Waals surface area contributed by atoms with E-state index in [0.717, 1.165) is 11.8 Å². The highest BCUT2D eigenvalue weighted by Crippen LogP contribution is 2.54. The second kappa shape index (κ2) is 1.54. The highest BCUT2D eigenvalue weighted by Gasteiger charge is 2.52. The number of alkyl halides is 2. The van der Waals surface area contributed by atoms with Crippen molar-refractivity contribution < 1.29 is 0 Å². The van der Waals surface area contributed by atoms with E-state index in [9.17, 15) is 0 Å². The SMILES string of the molecule is ClC1CC1C1CC1Cl. The molecule has 46 valence electrons. The van der Waals surface area contributed by atoms with E-state index in [0.29, 0.717) is 10.8 Å². The molecular weight excluding hydrogens is 143 g/mol. The first-order valence-corrected chi connectivity index (χ1v) is 3.94. The molecule has 0 radical (unpaired) electrons. The smallest absolute Gasteiger partial charge is 0.0371 e. The number of hydrogen-bond donors (Lipinski definition) is 0. The van der Waals surface area contributed by atoms with E-state index in [2.05, 4.69) is 0 Å². The number of halogens is 2. The van der Waals surface area contributed by atoms with Crippen molar-refractivity contribution >= 4 is 23.2 Å². The highest BCUT2D eigenvalue weighted by molar-refractivity contribution is 6.24. The molecule has 0 nitrogen and oxygen atoms in total. The van der Waals surface area contributed by atoms with Gasteiger partial charge in [-0.25, -0.2) is 0 Å². The molecule has 0 saturated heterocycles. The van der Waals surface area contributed by atoms with Crippen molar-refractivity contribution in [3.8, 4) is 0 Å². The van der Waals surface area contributed by atoms with Crippen molar-refractivity contribution in [2.45, 2.75) is 23.6 Å². The molecule has 4 atom stereocenters. The van der Waals surface area contributed by atoms with Gasteiger partial charge < -0.3 is 0 Å². The van der Waals surface area contributed by atoms with Crippen LogP contribution in [0.1, 0.15) is 12.8 Å². The first-order chi connectivity index (χ1) is 3.79. The molecule has 2 heteroatoms. The van der Waals surface area contributed by atoms with Crippen LogP contribution in [0.25, 0.3) is 0 Å². The summed E-state index contributed by atoms with van der Waals surface area (Å²) in [5.74, 6) is 1.58. The summed E-state index contributed by atoms with van der Waals surface area (Å²) in [4.78, 5) is 0. The van der Waals surface area contributed by atoms with E-state index in [1.165, 1.54) is 12.8 Å². The van der Waals surface area contributed by atoms with Crippen molar-refractivity contribution in [1.82, 2.24) is 0 Å². The second-order valence-electron chi connectivity index (χ2n) is 2.83. The lowest BCUT2D eigenvalue weighted by molar-refractivity contribution is 0.720. The molecule has 2 saturated carbocycles. The Labute approximate surface area is 59.2 Å². The third kappa shape index (κ3) is 0.745. The highest BCUT2D eigenvalue weighted by atomic mass is 35.5. The Hall–Kier alpha value is 0.580. The summed E-state index contributed by atoms with van der Waals surface area (Å²) in [6.45, 7) is 0. The lowest BCUT2D eigenvalue weighted by atomic mass is 10.3. The molecule has 8 heavy (non-hydrogen) atoms.